The number of carbonyl (C=O) groups excluding carboxylic acids is 2. The Morgan fingerprint density at radius 2 is 1.74 bits per heavy atom. The molecule has 178 valence electrons. The molecule has 4 rings (SSSR count). The predicted octanol–water partition coefficient (Wildman–Crippen LogP) is 5.29. The third kappa shape index (κ3) is 4.93. The molecule has 0 spiro atoms. The van der Waals surface area contributed by atoms with Gasteiger partial charge in [0.15, 0.2) is 5.78 Å². The Bertz CT molecular complexity index is 1100. The molecule has 1 heterocycles. The summed E-state index contributed by atoms with van der Waals surface area (Å²) in [6.45, 7) is 8.33. The van der Waals surface area contributed by atoms with Gasteiger partial charge in [-0.15, -0.1) is 0 Å². The highest BCUT2D eigenvalue weighted by Gasteiger charge is 2.39. The number of carbonyl (C=O) groups is 2. The highest BCUT2D eigenvalue weighted by molar-refractivity contribution is 6.03. The molecule has 0 saturated heterocycles. The number of esters is 1. The van der Waals surface area contributed by atoms with Crippen molar-refractivity contribution in [2.45, 2.75) is 52.4 Å². The van der Waals surface area contributed by atoms with Crippen molar-refractivity contribution in [2.75, 3.05) is 24.6 Å². The van der Waals surface area contributed by atoms with Gasteiger partial charge < -0.3 is 15.0 Å². The van der Waals surface area contributed by atoms with Gasteiger partial charge in [-0.2, -0.15) is 0 Å². The molecule has 1 aliphatic carbocycles. The number of rotatable bonds is 8. The molecule has 2 aromatic carbocycles. The molecule has 0 saturated carbocycles. The zero-order chi connectivity index (χ0) is 24.1. The van der Waals surface area contributed by atoms with E-state index in [0.29, 0.717) is 25.0 Å². The number of ketones is 1. The van der Waals surface area contributed by atoms with Gasteiger partial charge in [-0.3, -0.25) is 4.79 Å². The van der Waals surface area contributed by atoms with Crippen LogP contribution in [-0.4, -0.2) is 31.4 Å². The number of hydrogen-bond donors (Lipinski definition) is 1. The van der Waals surface area contributed by atoms with E-state index in [1.54, 1.807) is 0 Å². The number of nitrogens with zero attached hydrogens (tertiary/aromatic N) is 1. The van der Waals surface area contributed by atoms with Crippen molar-refractivity contribution < 1.29 is 14.3 Å². The molecule has 0 amide bonds. The van der Waals surface area contributed by atoms with Crippen molar-refractivity contribution in [3.05, 3.63) is 88.3 Å². The molecule has 1 atom stereocenters. The Balaban J connectivity index is 1.63. The van der Waals surface area contributed by atoms with Crippen molar-refractivity contribution in [1.82, 2.24) is 5.32 Å². The van der Waals surface area contributed by atoms with E-state index < -0.39 is 5.92 Å². The lowest BCUT2D eigenvalue weighted by Gasteiger charge is -2.34. The molecular formula is C29H34N2O3. The first kappa shape index (κ1) is 23.8. The minimum absolute atomic E-state index is 0.119. The standard InChI is InChI=1S/C29H34N2O3/c1-4-31(5-2)23-16-14-22(15-17-23)27-26(20(3)30-24-12-9-13-25(32)28(24)27)29(33)34-19-18-21-10-7-6-8-11-21/h6-8,10-11,14-17,27,30H,4-5,9,12-13,18-19H2,1-3H3/t27-/m1/s1. The lowest BCUT2D eigenvalue weighted by molar-refractivity contribution is -0.139. The van der Waals surface area contributed by atoms with Crippen LogP contribution in [0.2, 0.25) is 0 Å². The van der Waals surface area contributed by atoms with Crippen molar-refractivity contribution in [1.29, 1.82) is 0 Å². The third-order valence-corrected chi connectivity index (χ3v) is 6.82. The Morgan fingerprint density at radius 1 is 1.03 bits per heavy atom. The van der Waals surface area contributed by atoms with Crippen LogP contribution in [0.4, 0.5) is 5.69 Å². The van der Waals surface area contributed by atoms with E-state index in [1.165, 1.54) is 0 Å². The lowest BCUT2D eigenvalue weighted by Crippen LogP contribution is -2.34. The second-order valence-corrected chi connectivity index (χ2v) is 8.90. The summed E-state index contributed by atoms with van der Waals surface area (Å²) < 4.78 is 5.74. The van der Waals surface area contributed by atoms with Crippen LogP contribution in [0.1, 0.15) is 57.1 Å². The molecule has 2 aliphatic rings. The van der Waals surface area contributed by atoms with E-state index >= 15 is 0 Å². The zero-order valence-corrected chi connectivity index (χ0v) is 20.4. The van der Waals surface area contributed by atoms with Crippen molar-refractivity contribution in [2.24, 2.45) is 0 Å². The highest BCUT2D eigenvalue weighted by Crippen LogP contribution is 2.42. The number of dihydropyridines is 1. The maximum atomic E-state index is 13.4. The number of allylic oxidation sites excluding steroid dienone is 3. The van der Waals surface area contributed by atoms with Gasteiger partial charge in [-0.05, 0) is 56.9 Å². The Morgan fingerprint density at radius 3 is 2.41 bits per heavy atom. The van der Waals surface area contributed by atoms with Gasteiger partial charge in [-0.1, -0.05) is 42.5 Å². The van der Waals surface area contributed by atoms with Crippen LogP contribution in [0.15, 0.2) is 77.1 Å². The Labute approximate surface area is 202 Å². The average molecular weight is 459 g/mol. The van der Waals surface area contributed by atoms with Crippen LogP contribution in [0.3, 0.4) is 0 Å². The fourth-order valence-corrected chi connectivity index (χ4v) is 5.04. The van der Waals surface area contributed by atoms with E-state index in [0.717, 1.165) is 59.7 Å². The molecule has 5 heteroatoms. The average Bonchev–Trinajstić information content (AvgIpc) is 2.85. The van der Waals surface area contributed by atoms with Gasteiger partial charge in [0.2, 0.25) is 0 Å². The van der Waals surface area contributed by atoms with E-state index in [2.05, 4.69) is 48.3 Å². The van der Waals surface area contributed by atoms with Crippen molar-refractivity contribution >= 4 is 17.4 Å². The largest absolute Gasteiger partial charge is 0.462 e. The fraction of sp³-hybridized carbons (Fsp3) is 0.379. The van der Waals surface area contributed by atoms with Gasteiger partial charge in [0.05, 0.1) is 12.2 Å². The third-order valence-electron chi connectivity index (χ3n) is 6.82. The number of ether oxygens (including phenoxy) is 1. The SMILES string of the molecule is CCN(CC)c1ccc([C@@H]2C(C(=O)OCCc3ccccc3)=C(C)NC3=C2C(=O)CCC3)cc1. The van der Waals surface area contributed by atoms with E-state index in [9.17, 15) is 9.59 Å². The first-order chi connectivity index (χ1) is 16.5. The fourth-order valence-electron chi connectivity index (χ4n) is 5.04. The maximum absolute atomic E-state index is 13.4. The number of nitrogens with one attached hydrogen (secondary N) is 1. The smallest absolute Gasteiger partial charge is 0.336 e. The Hall–Kier alpha value is -3.34. The topological polar surface area (TPSA) is 58.6 Å². The van der Waals surface area contributed by atoms with Crippen LogP contribution in [0.25, 0.3) is 0 Å². The summed E-state index contributed by atoms with van der Waals surface area (Å²) in [4.78, 5) is 28.7. The van der Waals surface area contributed by atoms with Crippen LogP contribution in [0, 0.1) is 0 Å². The summed E-state index contributed by atoms with van der Waals surface area (Å²) in [5.74, 6) is -0.642. The minimum atomic E-state index is -0.404. The summed E-state index contributed by atoms with van der Waals surface area (Å²) in [5, 5.41) is 3.36. The molecule has 0 bridgehead atoms. The molecule has 0 aromatic heterocycles. The molecule has 34 heavy (non-hydrogen) atoms. The summed E-state index contributed by atoms with van der Waals surface area (Å²) >= 11 is 0. The normalized spacial score (nSPS) is 17.9. The van der Waals surface area contributed by atoms with Gasteiger partial charge in [0.25, 0.3) is 0 Å². The van der Waals surface area contributed by atoms with Crippen LogP contribution in [0.5, 0.6) is 0 Å². The molecule has 2 aromatic rings. The first-order valence-electron chi connectivity index (χ1n) is 12.3. The summed E-state index contributed by atoms with van der Waals surface area (Å²) in [6.07, 6.45) is 2.83. The maximum Gasteiger partial charge on any atom is 0.336 e. The summed E-state index contributed by atoms with van der Waals surface area (Å²) in [5.41, 5.74) is 6.20. The lowest BCUT2D eigenvalue weighted by atomic mass is 9.75. The zero-order valence-electron chi connectivity index (χ0n) is 20.4. The quantitative estimate of drug-likeness (QED) is 0.545. The van der Waals surface area contributed by atoms with E-state index in [-0.39, 0.29) is 11.8 Å². The minimum Gasteiger partial charge on any atom is -0.462 e. The monoisotopic (exact) mass is 458 g/mol. The second-order valence-electron chi connectivity index (χ2n) is 8.90. The van der Waals surface area contributed by atoms with Gasteiger partial charge in [-0.25, -0.2) is 4.79 Å². The van der Waals surface area contributed by atoms with Crippen LogP contribution in [-0.2, 0) is 20.7 Å². The molecule has 1 N–H and O–H groups in total. The molecule has 0 radical (unpaired) electrons. The van der Waals surface area contributed by atoms with Crippen LogP contribution < -0.4 is 10.2 Å². The highest BCUT2D eigenvalue weighted by atomic mass is 16.5. The van der Waals surface area contributed by atoms with Gasteiger partial charge in [0, 0.05) is 54.5 Å². The number of anilines is 1. The van der Waals surface area contributed by atoms with Gasteiger partial charge in [0.1, 0.15) is 0 Å². The van der Waals surface area contributed by atoms with Gasteiger partial charge >= 0.3 is 5.97 Å². The molecular weight excluding hydrogens is 424 g/mol. The summed E-state index contributed by atoms with van der Waals surface area (Å²) in [7, 11) is 0. The molecule has 0 unspecified atom stereocenters. The Kier molecular flexibility index (Phi) is 7.51. The second kappa shape index (κ2) is 10.7. The first-order valence-corrected chi connectivity index (χ1v) is 12.3. The predicted molar refractivity (Wildman–Crippen MR) is 136 cm³/mol. The molecule has 5 nitrogen and oxygen atoms in total. The molecule has 1 aliphatic heterocycles. The number of Topliss-reactive ketones (excluding diaryl/α,β-unsaturated/α-hetero) is 1. The van der Waals surface area contributed by atoms with E-state index in [4.69, 9.17) is 4.74 Å². The molecule has 0 fully saturated rings. The number of benzene rings is 2. The van der Waals surface area contributed by atoms with E-state index in [1.807, 2.05) is 37.3 Å². The summed E-state index contributed by atoms with van der Waals surface area (Å²) in [6, 6.07) is 18.3. The van der Waals surface area contributed by atoms with Crippen LogP contribution >= 0.6 is 0 Å². The number of hydrogen-bond acceptors (Lipinski definition) is 5. The van der Waals surface area contributed by atoms with Crippen molar-refractivity contribution in [3.63, 3.8) is 0 Å². The van der Waals surface area contributed by atoms with Crippen molar-refractivity contribution in [3.8, 4) is 0 Å².